The summed E-state index contributed by atoms with van der Waals surface area (Å²) < 4.78 is 11.0. The Labute approximate surface area is 84.8 Å². The minimum Gasteiger partial charge on any atom is -0.374 e. The molecule has 2 bridgehead atoms. The number of fused-ring (bicyclic) bond motifs is 2. The van der Waals surface area contributed by atoms with Crippen LogP contribution in [-0.2, 0) is 14.3 Å². The van der Waals surface area contributed by atoms with Crippen LogP contribution in [0.3, 0.4) is 0 Å². The van der Waals surface area contributed by atoms with Gasteiger partial charge in [-0.3, -0.25) is 4.79 Å². The van der Waals surface area contributed by atoms with Crippen molar-refractivity contribution in [2.45, 2.75) is 51.4 Å². The van der Waals surface area contributed by atoms with E-state index in [1.54, 1.807) is 0 Å². The molecule has 0 N–H and O–H groups in total. The van der Waals surface area contributed by atoms with Crippen LogP contribution < -0.4 is 0 Å². The van der Waals surface area contributed by atoms with Crippen LogP contribution in [0.5, 0.6) is 0 Å². The summed E-state index contributed by atoms with van der Waals surface area (Å²) in [7, 11) is 0. The molecular weight excluding hydrogens is 180 g/mol. The van der Waals surface area contributed by atoms with Gasteiger partial charge in [0.15, 0.2) is 5.78 Å². The van der Waals surface area contributed by atoms with Gasteiger partial charge in [0.2, 0.25) is 0 Å². The summed E-state index contributed by atoms with van der Waals surface area (Å²) in [6, 6.07) is 0. The lowest BCUT2D eigenvalue weighted by Gasteiger charge is -2.17. The number of carbonyl (C=O) groups is 1. The third-order valence-corrected chi connectivity index (χ3v) is 3.08. The van der Waals surface area contributed by atoms with Crippen LogP contribution >= 0.6 is 0 Å². The fraction of sp³-hybridized carbons (Fsp3) is 0.909. The Morgan fingerprint density at radius 3 is 2.79 bits per heavy atom. The highest BCUT2D eigenvalue weighted by Crippen LogP contribution is 2.39. The van der Waals surface area contributed by atoms with Crippen molar-refractivity contribution in [3.8, 4) is 0 Å². The van der Waals surface area contributed by atoms with Crippen LogP contribution in [0.25, 0.3) is 0 Å². The highest BCUT2D eigenvalue weighted by Gasteiger charge is 2.43. The summed E-state index contributed by atoms with van der Waals surface area (Å²) in [6.07, 6.45) is 3.81. The van der Waals surface area contributed by atoms with Gasteiger partial charge in [-0.15, -0.1) is 0 Å². The van der Waals surface area contributed by atoms with E-state index in [2.05, 4.69) is 0 Å². The normalized spacial score (nSPS) is 35.5. The SMILES string of the molecule is CC(C)OCC(=O)C1CC2CCC1O2. The van der Waals surface area contributed by atoms with E-state index in [1.807, 2.05) is 13.8 Å². The molecule has 2 fully saturated rings. The summed E-state index contributed by atoms with van der Waals surface area (Å²) in [5.41, 5.74) is 0. The molecule has 14 heavy (non-hydrogen) atoms. The van der Waals surface area contributed by atoms with E-state index in [0.717, 1.165) is 19.3 Å². The van der Waals surface area contributed by atoms with Crippen LogP contribution in [0.4, 0.5) is 0 Å². The number of carbonyl (C=O) groups excluding carboxylic acids is 1. The highest BCUT2D eigenvalue weighted by molar-refractivity contribution is 5.83. The Morgan fingerprint density at radius 1 is 1.50 bits per heavy atom. The zero-order chi connectivity index (χ0) is 10.1. The standard InChI is InChI=1S/C11H18O3/c1-7(2)13-6-10(12)9-5-8-3-4-11(9)14-8/h7-9,11H,3-6H2,1-2H3. The average Bonchev–Trinajstić information content (AvgIpc) is 2.74. The van der Waals surface area contributed by atoms with Crippen molar-refractivity contribution in [2.24, 2.45) is 5.92 Å². The molecule has 0 saturated carbocycles. The van der Waals surface area contributed by atoms with Crippen molar-refractivity contribution in [2.75, 3.05) is 6.61 Å². The summed E-state index contributed by atoms with van der Waals surface area (Å²) in [5, 5.41) is 0. The molecule has 3 atom stereocenters. The molecule has 2 aliphatic heterocycles. The lowest BCUT2D eigenvalue weighted by molar-refractivity contribution is -0.130. The second kappa shape index (κ2) is 3.99. The van der Waals surface area contributed by atoms with Gasteiger partial charge in [0.25, 0.3) is 0 Å². The molecule has 3 nitrogen and oxygen atoms in total. The van der Waals surface area contributed by atoms with E-state index in [9.17, 15) is 4.79 Å². The molecule has 0 amide bonds. The number of hydrogen-bond acceptors (Lipinski definition) is 3. The minimum atomic E-state index is 0.118. The highest BCUT2D eigenvalue weighted by atomic mass is 16.5. The molecule has 0 aromatic heterocycles. The smallest absolute Gasteiger partial charge is 0.164 e. The maximum absolute atomic E-state index is 11.7. The molecule has 3 unspecified atom stereocenters. The maximum Gasteiger partial charge on any atom is 0.164 e. The van der Waals surface area contributed by atoms with E-state index < -0.39 is 0 Å². The topological polar surface area (TPSA) is 35.5 Å². The van der Waals surface area contributed by atoms with Crippen molar-refractivity contribution < 1.29 is 14.3 Å². The van der Waals surface area contributed by atoms with E-state index >= 15 is 0 Å². The molecule has 2 heterocycles. The second-order valence-corrected chi connectivity index (χ2v) is 4.54. The first-order valence-corrected chi connectivity index (χ1v) is 5.46. The summed E-state index contributed by atoms with van der Waals surface area (Å²) >= 11 is 0. The maximum atomic E-state index is 11.7. The molecule has 3 heteroatoms. The Morgan fingerprint density at radius 2 is 2.29 bits per heavy atom. The Bertz CT molecular complexity index is 225. The minimum absolute atomic E-state index is 0.118. The van der Waals surface area contributed by atoms with Gasteiger partial charge in [-0.25, -0.2) is 0 Å². The first-order chi connectivity index (χ1) is 6.66. The molecular formula is C11H18O3. The van der Waals surface area contributed by atoms with Crippen LogP contribution in [0, 0.1) is 5.92 Å². The van der Waals surface area contributed by atoms with Gasteiger partial charge < -0.3 is 9.47 Å². The zero-order valence-electron chi connectivity index (χ0n) is 8.86. The molecule has 2 saturated heterocycles. The predicted octanol–water partition coefficient (Wildman–Crippen LogP) is 1.55. The molecule has 80 valence electrons. The van der Waals surface area contributed by atoms with Crippen LogP contribution in [-0.4, -0.2) is 30.7 Å². The largest absolute Gasteiger partial charge is 0.374 e. The Kier molecular flexibility index (Phi) is 2.88. The Balaban J connectivity index is 1.81. The fourth-order valence-corrected chi connectivity index (χ4v) is 2.33. The van der Waals surface area contributed by atoms with Crippen molar-refractivity contribution in [3.63, 3.8) is 0 Å². The lowest BCUT2D eigenvalue weighted by Crippen LogP contribution is -2.29. The number of Topliss-reactive ketones (excluding diaryl/α,β-unsaturated/α-hetero) is 1. The van der Waals surface area contributed by atoms with E-state index in [0.29, 0.717) is 6.10 Å². The quantitative estimate of drug-likeness (QED) is 0.687. The van der Waals surface area contributed by atoms with Gasteiger partial charge in [0.05, 0.1) is 18.3 Å². The molecule has 2 rings (SSSR count). The van der Waals surface area contributed by atoms with E-state index in [1.165, 1.54) is 0 Å². The van der Waals surface area contributed by atoms with Gasteiger partial charge >= 0.3 is 0 Å². The van der Waals surface area contributed by atoms with Crippen molar-refractivity contribution in [1.82, 2.24) is 0 Å². The lowest BCUT2D eigenvalue weighted by atomic mass is 9.86. The molecule has 0 radical (unpaired) electrons. The number of ether oxygens (including phenoxy) is 2. The van der Waals surface area contributed by atoms with Gasteiger partial charge in [-0.1, -0.05) is 0 Å². The first-order valence-electron chi connectivity index (χ1n) is 5.46. The molecule has 0 aromatic rings. The van der Waals surface area contributed by atoms with Crippen molar-refractivity contribution >= 4 is 5.78 Å². The molecule has 0 aromatic carbocycles. The van der Waals surface area contributed by atoms with Crippen LogP contribution in [0.1, 0.15) is 33.1 Å². The second-order valence-electron chi connectivity index (χ2n) is 4.54. The third-order valence-electron chi connectivity index (χ3n) is 3.08. The number of ketones is 1. The van der Waals surface area contributed by atoms with Gasteiger partial charge in [-0.2, -0.15) is 0 Å². The predicted molar refractivity (Wildman–Crippen MR) is 52.1 cm³/mol. The van der Waals surface area contributed by atoms with E-state index in [4.69, 9.17) is 9.47 Å². The van der Waals surface area contributed by atoms with Crippen molar-refractivity contribution in [1.29, 1.82) is 0 Å². The van der Waals surface area contributed by atoms with Crippen LogP contribution in [0.15, 0.2) is 0 Å². The molecule has 0 aliphatic carbocycles. The van der Waals surface area contributed by atoms with Gasteiger partial charge in [0, 0.05) is 5.92 Å². The number of rotatable bonds is 4. The monoisotopic (exact) mass is 198 g/mol. The average molecular weight is 198 g/mol. The summed E-state index contributed by atoms with van der Waals surface area (Å²) in [5.74, 6) is 0.346. The fourth-order valence-electron chi connectivity index (χ4n) is 2.33. The summed E-state index contributed by atoms with van der Waals surface area (Å²) in [4.78, 5) is 11.7. The molecule has 2 aliphatic rings. The van der Waals surface area contributed by atoms with Crippen molar-refractivity contribution in [3.05, 3.63) is 0 Å². The van der Waals surface area contributed by atoms with Gasteiger partial charge in [-0.05, 0) is 33.1 Å². The molecule has 0 spiro atoms. The van der Waals surface area contributed by atoms with Crippen LogP contribution in [0.2, 0.25) is 0 Å². The summed E-state index contributed by atoms with van der Waals surface area (Å²) in [6.45, 7) is 4.16. The Hall–Kier alpha value is -0.410. The van der Waals surface area contributed by atoms with E-state index in [-0.39, 0.29) is 30.5 Å². The number of hydrogen-bond donors (Lipinski definition) is 0. The first kappa shape index (κ1) is 10.1. The zero-order valence-corrected chi connectivity index (χ0v) is 8.86. The third kappa shape index (κ3) is 1.98. The van der Waals surface area contributed by atoms with Gasteiger partial charge in [0.1, 0.15) is 6.61 Å².